The third kappa shape index (κ3) is 2.71. The number of halogens is 1. The first-order valence-corrected chi connectivity index (χ1v) is 5.53. The molecule has 0 radical (unpaired) electrons. The largest absolute Gasteiger partial charge is 0.392 e. The minimum absolute atomic E-state index is 0.216. The summed E-state index contributed by atoms with van der Waals surface area (Å²) in [6.07, 6.45) is 0.553. The highest BCUT2D eigenvalue weighted by atomic mass is 19.1. The summed E-state index contributed by atoms with van der Waals surface area (Å²) in [6, 6.07) is 6.76. The summed E-state index contributed by atoms with van der Waals surface area (Å²) < 4.78 is 12.7. The number of hydrogen-bond donors (Lipinski definition) is 2. The molecular formula is C12H17FN2O. The maximum absolute atomic E-state index is 12.7. The summed E-state index contributed by atoms with van der Waals surface area (Å²) in [5.74, 6) is -0.216. The van der Waals surface area contributed by atoms with E-state index in [-0.39, 0.29) is 11.9 Å². The van der Waals surface area contributed by atoms with Crippen molar-refractivity contribution in [2.75, 3.05) is 25.0 Å². The minimum Gasteiger partial charge on any atom is -0.392 e. The molecule has 2 unspecified atom stereocenters. The van der Waals surface area contributed by atoms with Gasteiger partial charge in [0.1, 0.15) is 5.82 Å². The molecule has 2 rings (SSSR count). The molecular weight excluding hydrogens is 207 g/mol. The van der Waals surface area contributed by atoms with E-state index in [9.17, 15) is 9.50 Å². The van der Waals surface area contributed by atoms with Crippen LogP contribution in [0.15, 0.2) is 24.3 Å². The van der Waals surface area contributed by atoms with Crippen molar-refractivity contribution in [1.82, 2.24) is 5.32 Å². The van der Waals surface area contributed by atoms with Crippen LogP contribution in [0, 0.1) is 5.82 Å². The number of nitrogens with zero attached hydrogens (tertiary/aromatic N) is 1. The zero-order valence-electron chi connectivity index (χ0n) is 9.36. The van der Waals surface area contributed by atoms with Crippen molar-refractivity contribution < 1.29 is 9.50 Å². The van der Waals surface area contributed by atoms with Crippen molar-refractivity contribution in [3.05, 3.63) is 30.1 Å². The van der Waals surface area contributed by atoms with Gasteiger partial charge in [-0.25, -0.2) is 4.39 Å². The number of rotatable bonds is 3. The molecule has 0 saturated carbocycles. The Morgan fingerprint density at radius 2 is 2.12 bits per heavy atom. The second-order valence-electron chi connectivity index (χ2n) is 4.35. The SMILES string of the molecule is CN(CC1CC(O)CN1)c1ccc(F)cc1. The molecule has 0 aliphatic carbocycles. The van der Waals surface area contributed by atoms with E-state index < -0.39 is 0 Å². The number of anilines is 1. The Morgan fingerprint density at radius 1 is 1.44 bits per heavy atom. The maximum Gasteiger partial charge on any atom is 0.123 e. The fraction of sp³-hybridized carbons (Fsp3) is 0.500. The van der Waals surface area contributed by atoms with E-state index in [0.29, 0.717) is 12.6 Å². The molecule has 1 saturated heterocycles. The summed E-state index contributed by atoms with van der Waals surface area (Å²) in [5.41, 5.74) is 0.990. The summed E-state index contributed by atoms with van der Waals surface area (Å²) in [7, 11) is 1.97. The Bertz CT molecular complexity index is 341. The molecule has 1 heterocycles. The smallest absolute Gasteiger partial charge is 0.123 e. The zero-order valence-corrected chi connectivity index (χ0v) is 9.36. The molecule has 88 valence electrons. The van der Waals surface area contributed by atoms with Gasteiger partial charge >= 0.3 is 0 Å². The minimum atomic E-state index is -0.230. The molecule has 3 nitrogen and oxygen atoms in total. The highest BCUT2D eigenvalue weighted by Crippen LogP contribution is 2.15. The van der Waals surface area contributed by atoms with Crippen molar-refractivity contribution in [2.24, 2.45) is 0 Å². The highest BCUT2D eigenvalue weighted by Gasteiger charge is 2.22. The van der Waals surface area contributed by atoms with Crippen LogP contribution in [0.2, 0.25) is 0 Å². The van der Waals surface area contributed by atoms with Crippen molar-refractivity contribution in [3.63, 3.8) is 0 Å². The van der Waals surface area contributed by atoms with E-state index in [1.54, 1.807) is 12.1 Å². The van der Waals surface area contributed by atoms with Crippen molar-refractivity contribution in [3.8, 4) is 0 Å². The maximum atomic E-state index is 12.7. The van der Waals surface area contributed by atoms with Crippen LogP contribution >= 0.6 is 0 Å². The van der Waals surface area contributed by atoms with Gasteiger partial charge in [-0.15, -0.1) is 0 Å². The number of benzene rings is 1. The van der Waals surface area contributed by atoms with Crippen LogP contribution in [0.4, 0.5) is 10.1 Å². The number of likely N-dealkylation sites (N-methyl/N-ethyl adjacent to an activating group) is 1. The first-order valence-electron chi connectivity index (χ1n) is 5.53. The standard InChI is InChI=1S/C12H17FN2O/c1-15(8-10-6-12(16)7-14-10)11-4-2-9(13)3-5-11/h2-5,10,12,14,16H,6-8H2,1H3. The van der Waals surface area contributed by atoms with E-state index >= 15 is 0 Å². The molecule has 1 aromatic carbocycles. The number of nitrogens with one attached hydrogen (secondary N) is 1. The zero-order chi connectivity index (χ0) is 11.5. The van der Waals surface area contributed by atoms with Gasteiger partial charge < -0.3 is 15.3 Å². The summed E-state index contributed by atoms with van der Waals surface area (Å²) in [4.78, 5) is 2.06. The van der Waals surface area contributed by atoms with Gasteiger partial charge in [-0.05, 0) is 30.7 Å². The summed E-state index contributed by atoms with van der Waals surface area (Å²) in [6.45, 7) is 1.49. The van der Waals surface area contributed by atoms with Gasteiger partial charge in [-0.1, -0.05) is 0 Å². The molecule has 1 aliphatic heterocycles. The third-order valence-electron chi connectivity index (χ3n) is 2.96. The Labute approximate surface area is 94.9 Å². The van der Waals surface area contributed by atoms with Gasteiger partial charge in [-0.2, -0.15) is 0 Å². The van der Waals surface area contributed by atoms with Gasteiger partial charge in [0, 0.05) is 31.9 Å². The van der Waals surface area contributed by atoms with Crippen LogP contribution in [0.5, 0.6) is 0 Å². The van der Waals surface area contributed by atoms with E-state index in [1.807, 2.05) is 7.05 Å². The first-order chi connectivity index (χ1) is 7.65. The number of β-amino-alcohol motifs (C(OH)–C–C–N with tert-alkyl or cyclic N) is 1. The van der Waals surface area contributed by atoms with Gasteiger partial charge in [0.2, 0.25) is 0 Å². The molecule has 4 heteroatoms. The van der Waals surface area contributed by atoms with E-state index in [1.165, 1.54) is 12.1 Å². The van der Waals surface area contributed by atoms with Crippen molar-refractivity contribution in [1.29, 1.82) is 0 Å². The Hall–Kier alpha value is -1.13. The second kappa shape index (κ2) is 4.80. The van der Waals surface area contributed by atoms with Crippen LogP contribution in [0.1, 0.15) is 6.42 Å². The highest BCUT2D eigenvalue weighted by molar-refractivity contribution is 5.45. The number of hydrogen-bond acceptors (Lipinski definition) is 3. The lowest BCUT2D eigenvalue weighted by Gasteiger charge is -2.23. The van der Waals surface area contributed by atoms with E-state index in [2.05, 4.69) is 10.2 Å². The van der Waals surface area contributed by atoms with Gasteiger partial charge in [0.25, 0.3) is 0 Å². The quantitative estimate of drug-likeness (QED) is 0.803. The van der Waals surface area contributed by atoms with Crippen molar-refractivity contribution >= 4 is 5.69 Å². The summed E-state index contributed by atoms with van der Waals surface area (Å²) >= 11 is 0. The molecule has 1 fully saturated rings. The van der Waals surface area contributed by atoms with E-state index in [4.69, 9.17) is 0 Å². The normalized spacial score (nSPS) is 24.7. The Kier molecular flexibility index (Phi) is 3.41. The van der Waals surface area contributed by atoms with Gasteiger partial charge in [0.05, 0.1) is 6.10 Å². The lowest BCUT2D eigenvalue weighted by molar-refractivity contribution is 0.193. The lowest BCUT2D eigenvalue weighted by atomic mass is 10.2. The Morgan fingerprint density at radius 3 is 2.69 bits per heavy atom. The average Bonchev–Trinajstić information content (AvgIpc) is 2.65. The topological polar surface area (TPSA) is 35.5 Å². The fourth-order valence-corrected chi connectivity index (χ4v) is 2.07. The predicted molar refractivity (Wildman–Crippen MR) is 62.1 cm³/mol. The van der Waals surface area contributed by atoms with Crippen LogP contribution < -0.4 is 10.2 Å². The molecule has 0 amide bonds. The van der Waals surface area contributed by atoms with Crippen molar-refractivity contribution in [2.45, 2.75) is 18.6 Å². The monoisotopic (exact) mass is 224 g/mol. The third-order valence-corrected chi connectivity index (χ3v) is 2.96. The average molecular weight is 224 g/mol. The molecule has 2 atom stereocenters. The lowest BCUT2D eigenvalue weighted by Crippen LogP contribution is -2.35. The van der Waals surface area contributed by atoms with Gasteiger partial charge in [0.15, 0.2) is 0 Å². The van der Waals surface area contributed by atoms with Crippen LogP contribution in [0.25, 0.3) is 0 Å². The van der Waals surface area contributed by atoms with Crippen LogP contribution in [-0.4, -0.2) is 37.4 Å². The summed E-state index contributed by atoms with van der Waals surface area (Å²) in [5, 5.41) is 12.6. The predicted octanol–water partition coefficient (Wildman–Crippen LogP) is 0.985. The molecule has 0 aromatic heterocycles. The molecule has 1 aliphatic rings. The number of aliphatic hydroxyl groups excluding tert-OH is 1. The molecule has 16 heavy (non-hydrogen) atoms. The molecule has 0 spiro atoms. The fourth-order valence-electron chi connectivity index (χ4n) is 2.07. The number of aliphatic hydroxyl groups is 1. The molecule has 1 aromatic rings. The van der Waals surface area contributed by atoms with E-state index in [0.717, 1.165) is 18.7 Å². The van der Waals surface area contributed by atoms with Crippen LogP contribution in [0.3, 0.4) is 0 Å². The Balaban J connectivity index is 1.92. The first kappa shape index (κ1) is 11.4. The second-order valence-corrected chi connectivity index (χ2v) is 4.35. The molecule has 2 N–H and O–H groups in total. The molecule has 0 bridgehead atoms. The van der Waals surface area contributed by atoms with Gasteiger partial charge in [-0.3, -0.25) is 0 Å². The van der Waals surface area contributed by atoms with Crippen LogP contribution in [-0.2, 0) is 0 Å².